The number of amides is 1. The van der Waals surface area contributed by atoms with Crippen molar-refractivity contribution >= 4 is 23.2 Å². The highest BCUT2D eigenvalue weighted by molar-refractivity contribution is 7.08. The standard InChI is InChI=1S/C20H22N4O4S/c1-27-20(26)16-3-2-9-24(16)15-6-10-23(11-7-15)18(25)5-4-17-21-22-19(28-17)14-8-12-29-13-14/h2-3,8-9,12-13,15H,4-7,10-11H2,1H3. The number of carbonyl (C=O) groups is 2. The minimum Gasteiger partial charge on any atom is -0.464 e. The molecule has 8 nitrogen and oxygen atoms in total. The van der Waals surface area contributed by atoms with E-state index in [0.717, 1.165) is 18.4 Å². The molecule has 1 fully saturated rings. The van der Waals surface area contributed by atoms with Crippen LogP contribution in [0, 0.1) is 0 Å². The Labute approximate surface area is 172 Å². The van der Waals surface area contributed by atoms with Crippen LogP contribution in [0.2, 0.25) is 0 Å². The number of piperidine rings is 1. The number of rotatable bonds is 6. The van der Waals surface area contributed by atoms with E-state index < -0.39 is 0 Å². The fraction of sp³-hybridized carbons (Fsp3) is 0.400. The summed E-state index contributed by atoms with van der Waals surface area (Å²) in [7, 11) is 1.38. The fourth-order valence-corrected chi connectivity index (χ4v) is 4.24. The van der Waals surface area contributed by atoms with Gasteiger partial charge in [-0.1, -0.05) is 0 Å². The minimum absolute atomic E-state index is 0.0828. The van der Waals surface area contributed by atoms with E-state index in [1.54, 1.807) is 17.4 Å². The average molecular weight is 414 g/mol. The molecule has 1 aliphatic heterocycles. The van der Waals surface area contributed by atoms with Crippen LogP contribution < -0.4 is 0 Å². The molecular formula is C20H22N4O4S. The number of aryl methyl sites for hydroxylation is 1. The van der Waals surface area contributed by atoms with E-state index in [9.17, 15) is 9.59 Å². The Morgan fingerprint density at radius 3 is 2.83 bits per heavy atom. The maximum absolute atomic E-state index is 12.6. The molecule has 0 aromatic carbocycles. The number of carbonyl (C=O) groups excluding carboxylic acids is 2. The summed E-state index contributed by atoms with van der Waals surface area (Å²) in [6.45, 7) is 1.32. The van der Waals surface area contributed by atoms with Gasteiger partial charge >= 0.3 is 5.97 Å². The third kappa shape index (κ3) is 4.24. The summed E-state index contributed by atoms with van der Waals surface area (Å²) in [6, 6.07) is 5.72. The molecule has 0 bridgehead atoms. The zero-order valence-electron chi connectivity index (χ0n) is 16.1. The van der Waals surface area contributed by atoms with E-state index in [1.165, 1.54) is 7.11 Å². The van der Waals surface area contributed by atoms with Crippen molar-refractivity contribution in [3.8, 4) is 11.5 Å². The molecule has 4 rings (SSSR count). The molecule has 1 saturated heterocycles. The number of hydrogen-bond donors (Lipinski definition) is 0. The zero-order valence-corrected chi connectivity index (χ0v) is 16.9. The lowest BCUT2D eigenvalue weighted by atomic mass is 10.0. The number of likely N-dealkylation sites (tertiary alicyclic amines) is 1. The fourth-order valence-electron chi connectivity index (χ4n) is 3.61. The maximum Gasteiger partial charge on any atom is 0.354 e. The van der Waals surface area contributed by atoms with Crippen molar-refractivity contribution in [2.75, 3.05) is 20.2 Å². The van der Waals surface area contributed by atoms with E-state index in [1.807, 2.05) is 38.6 Å². The van der Waals surface area contributed by atoms with Crippen molar-refractivity contribution in [2.45, 2.75) is 31.7 Å². The van der Waals surface area contributed by atoms with Gasteiger partial charge in [-0.2, -0.15) is 11.3 Å². The van der Waals surface area contributed by atoms with E-state index in [0.29, 0.717) is 43.4 Å². The maximum atomic E-state index is 12.6. The Balaban J connectivity index is 1.28. The van der Waals surface area contributed by atoms with Crippen molar-refractivity contribution in [1.29, 1.82) is 0 Å². The predicted molar refractivity (Wildman–Crippen MR) is 107 cm³/mol. The van der Waals surface area contributed by atoms with Gasteiger partial charge in [-0.25, -0.2) is 4.79 Å². The van der Waals surface area contributed by atoms with Crippen molar-refractivity contribution in [3.05, 3.63) is 46.7 Å². The Kier molecular flexibility index (Phi) is 5.75. The highest BCUT2D eigenvalue weighted by Gasteiger charge is 2.26. The second kappa shape index (κ2) is 8.60. The van der Waals surface area contributed by atoms with Gasteiger partial charge in [0.15, 0.2) is 0 Å². The van der Waals surface area contributed by atoms with Gasteiger partial charge in [0.1, 0.15) is 5.69 Å². The van der Waals surface area contributed by atoms with Gasteiger partial charge < -0.3 is 18.6 Å². The number of hydrogen-bond acceptors (Lipinski definition) is 7. The van der Waals surface area contributed by atoms with Crippen LogP contribution in [-0.4, -0.2) is 51.7 Å². The average Bonchev–Trinajstić information content (AvgIpc) is 3.52. The molecule has 152 valence electrons. The minimum atomic E-state index is -0.338. The van der Waals surface area contributed by atoms with E-state index in [4.69, 9.17) is 9.15 Å². The van der Waals surface area contributed by atoms with E-state index in [-0.39, 0.29) is 17.9 Å². The molecule has 0 spiro atoms. The van der Waals surface area contributed by atoms with Crippen LogP contribution in [0.25, 0.3) is 11.5 Å². The molecule has 1 aliphatic rings. The van der Waals surface area contributed by atoms with Crippen molar-refractivity contribution < 1.29 is 18.7 Å². The Morgan fingerprint density at radius 1 is 1.28 bits per heavy atom. The monoisotopic (exact) mass is 414 g/mol. The molecule has 1 amide bonds. The lowest BCUT2D eigenvalue weighted by Gasteiger charge is -2.33. The van der Waals surface area contributed by atoms with Crippen LogP contribution in [0.1, 0.15) is 41.7 Å². The van der Waals surface area contributed by atoms with Crippen molar-refractivity contribution in [1.82, 2.24) is 19.7 Å². The summed E-state index contributed by atoms with van der Waals surface area (Å²) in [5.74, 6) is 0.710. The van der Waals surface area contributed by atoms with Crippen molar-refractivity contribution in [2.24, 2.45) is 0 Å². The molecule has 0 atom stereocenters. The van der Waals surface area contributed by atoms with Crippen LogP contribution in [0.3, 0.4) is 0 Å². The third-order valence-electron chi connectivity index (χ3n) is 5.17. The Hall–Kier alpha value is -2.94. The van der Waals surface area contributed by atoms with Crippen LogP contribution >= 0.6 is 11.3 Å². The summed E-state index contributed by atoms with van der Waals surface area (Å²) in [5.41, 5.74) is 1.45. The van der Waals surface area contributed by atoms with Gasteiger partial charge in [0.2, 0.25) is 17.7 Å². The molecule has 0 aliphatic carbocycles. The number of aromatic nitrogens is 3. The number of methoxy groups -OCH3 is 1. The molecular weight excluding hydrogens is 392 g/mol. The van der Waals surface area contributed by atoms with E-state index in [2.05, 4.69) is 10.2 Å². The first-order chi connectivity index (χ1) is 14.2. The molecule has 3 aromatic rings. The summed E-state index contributed by atoms with van der Waals surface area (Å²) < 4.78 is 12.4. The number of ether oxygens (including phenoxy) is 1. The lowest BCUT2D eigenvalue weighted by Crippen LogP contribution is -2.39. The van der Waals surface area contributed by atoms with Gasteiger partial charge in [0.25, 0.3) is 0 Å². The van der Waals surface area contributed by atoms with Gasteiger partial charge in [0, 0.05) is 49.1 Å². The van der Waals surface area contributed by atoms with Crippen LogP contribution in [0.15, 0.2) is 39.6 Å². The van der Waals surface area contributed by atoms with Gasteiger partial charge in [-0.05, 0) is 36.4 Å². The van der Waals surface area contributed by atoms with Gasteiger partial charge in [-0.3, -0.25) is 4.79 Å². The highest BCUT2D eigenvalue weighted by Crippen LogP contribution is 2.26. The second-order valence-corrected chi connectivity index (χ2v) is 7.70. The first-order valence-corrected chi connectivity index (χ1v) is 10.5. The number of nitrogens with zero attached hydrogens (tertiary/aromatic N) is 4. The summed E-state index contributed by atoms with van der Waals surface area (Å²) in [6.07, 6.45) is 4.27. The zero-order chi connectivity index (χ0) is 20.2. The molecule has 0 N–H and O–H groups in total. The highest BCUT2D eigenvalue weighted by atomic mass is 32.1. The van der Waals surface area contributed by atoms with Gasteiger partial charge in [0.05, 0.1) is 7.11 Å². The Bertz CT molecular complexity index is 970. The van der Waals surface area contributed by atoms with Crippen LogP contribution in [0.5, 0.6) is 0 Å². The molecule has 3 aromatic heterocycles. The lowest BCUT2D eigenvalue weighted by molar-refractivity contribution is -0.132. The molecule has 9 heteroatoms. The normalized spacial score (nSPS) is 14.9. The first-order valence-electron chi connectivity index (χ1n) is 9.53. The Morgan fingerprint density at radius 2 is 2.10 bits per heavy atom. The smallest absolute Gasteiger partial charge is 0.354 e. The molecule has 0 unspecified atom stereocenters. The van der Waals surface area contributed by atoms with Crippen LogP contribution in [0.4, 0.5) is 0 Å². The van der Waals surface area contributed by atoms with E-state index >= 15 is 0 Å². The molecule has 0 radical (unpaired) electrons. The largest absolute Gasteiger partial charge is 0.464 e. The van der Waals surface area contributed by atoms with Crippen molar-refractivity contribution in [3.63, 3.8) is 0 Å². The number of esters is 1. The topological polar surface area (TPSA) is 90.5 Å². The second-order valence-electron chi connectivity index (χ2n) is 6.92. The quantitative estimate of drug-likeness (QED) is 0.576. The predicted octanol–water partition coefficient (Wildman–Crippen LogP) is 3.18. The van der Waals surface area contributed by atoms with Crippen LogP contribution in [-0.2, 0) is 16.0 Å². The molecule has 0 saturated carbocycles. The SMILES string of the molecule is COC(=O)c1cccn1C1CCN(C(=O)CCc2nnc(-c3ccsc3)o2)CC1. The third-order valence-corrected chi connectivity index (χ3v) is 5.85. The first kappa shape index (κ1) is 19.4. The van der Waals surface area contributed by atoms with Gasteiger partial charge in [-0.15, -0.1) is 10.2 Å². The summed E-state index contributed by atoms with van der Waals surface area (Å²) >= 11 is 1.57. The summed E-state index contributed by atoms with van der Waals surface area (Å²) in [5, 5.41) is 12.0. The number of thiophene rings is 1. The molecule has 4 heterocycles. The summed E-state index contributed by atoms with van der Waals surface area (Å²) in [4.78, 5) is 26.3. The molecule has 29 heavy (non-hydrogen) atoms.